The maximum absolute atomic E-state index is 12.6. The van der Waals surface area contributed by atoms with Gasteiger partial charge in [0.1, 0.15) is 5.75 Å². The fourth-order valence-corrected chi connectivity index (χ4v) is 3.23. The van der Waals surface area contributed by atoms with E-state index in [2.05, 4.69) is 13.8 Å². The van der Waals surface area contributed by atoms with Crippen molar-refractivity contribution in [3.8, 4) is 5.75 Å². The second kappa shape index (κ2) is 11.9. The number of para-hydroxylation sites is 1. The number of nitrogens with zero attached hydrogens (tertiary/aromatic N) is 2. The zero-order valence-corrected chi connectivity index (χ0v) is 18.0. The summed E-state index contributed by atoms with van der Waals surface area (Å²) in [5.41, 5.74) is 6.07. The summed E-state index contributed by atoms with van der Waals surface area (Å²) in [6.45, 7) is 6.12. The molecule has 1 aromatic rings. The number of nitrogens with two attached hydrogens (primary N) is 1. The van der Waals surface area contributed by atoms with Gasteiger partial charge in [-0.15, -0.1) is 12.4 Å². The molecule has 0 aromatic heterocycles. The summed E-state index contributed by atoms with van der Waals surface area (Å²) in [5, 5.41) is 0. The average molecular weight is 412 g/mol. The van der Waals surface area contributed by atoms with Gasteiger partial charge in [-0.1, -0.05) is 32.0 Å². The topological polar surface area (TPSA) is 75.9 Å². The molecule has 1 saturated heterocycles. The van der Waals surface area contributed by atoms with Gasteiger partial charge in [0.25, 0.3) is 5.91 Å². The van der Waals surface area contributed by atoms with Crippen molar-refractivity contribution in [1.82, 2.24) is 9.80 Å². The van der Waals surface area contributed by atoms with Crippen LogP contribution in [0.15, 0.2) is 30.3 Å². The van der Waals surface area contributed by atoms with E-state index in [1.165, 1.54) is 0 Å². The monoisotopic (exact) mass is 411 g/mol. The number of hydrogen-bond donors (Lipinski definition) is 1. The Kier molecular flexibility index (Phi) is 10.3. The van der Waals surface area contributed by atoms with Gasteiger partial charge in [-0.25, -0.2) is 0 Å². The summed E-state index contributed by atoms with van der Waals surface area (Å²) in [5.74, 6) is 1.24. The van der Waals surface area contributed by atoms with E-state index in [0.29, 0.717) is 44.1 Å². The predicted octanol–water partition coefficient (Wildman–Crippen LogP) is 2.56. The Morgan fingerprint density at radius 3 is 2.39 bits per heavy atom. The van der Waals surface area contributed by atoms with Crippen LogP contribution in [0.4, 0.5) is 0 Å². The number of carbonyl (C=O) groups is 2. The summed E-state index contributed by atoms with van der Waals surface area (Å²) in [7, 11) is 1.85. The quantitative estimate of drug-likeness (QED) is 0.713. The van der Waals surface area contributed by atoms with Gasteiger partial charge in [0.2, 0.25) is 5.91 Å². The Hall–Kier alpha value is -1.79. The third-order valence-electron chi connectivity index (χ3n) is 5.33. The molecule has 28 heavy (non-hydrogen) atoms. The first-order chi connectivity index (χ1) is 12.9. The van der Waals surface area contributed by atoms with Crippen molar-refractivity contribution in [2.24, 2.45) is 17.6 Å². The lowest BCUT2D eigenvalue weighted by Gasteiger charge is -2.33. The molecule has 1 aliphatic rings. The minimum Gasteiger partial charge on any atom is -0.484 e. The van der Waals surface area contributed by atoms with E-state index in [1.807, 2.05) is 37.4 Å². The van der Waals surface area contributed by atoms with Gasteiger partial charge in [-0.3, -0.25) is 9.59 Å². The van der Waals surface area contributed by atoms with Gasteiger partial charge in [-0.05, 0) is 37.3 Å². The molecule has 0 radical (unpaired) electrons. The predicted molar refractivity (Wildman–Crippen MR) is 114 cm³/mol. The van der Waals surface area contributed by atoms with Crippen molar-refractivity contribution in [1.29, 1.82) is 0 Å². The molecule has 158 valence electrons. The average Bonchev–Trinajstić information content (AvgIpc) is 2.70. The van der Waals surface area contributed by atoms with E-state index >= 15 is 0 Å². The van der Waals surface area contributed by atoms with E-state index in [0.717, 1.165) is 6.42 Å². The highest BCUT2D eigenvalue weighted by Crippen LogP contribution is 2.20. The SMILES string of the molecule is CC(C)C(N)CCN(C)C(=O)C1CCN(C(=O)COc2ccccc2)CC1.Cl. The molecule has 1 fully saturated rings. The fourth-order valence-electron chi connectivity index (χ4n) is 3.23. The van der Waals surface area contributed by atoms with Crippen molar-refractivity contribution in [3.63, 3.8) is 0 Å². The third kappa shape index (κ3) is 7.32. The van der Waals surface area contributed by atoms with Crippen LogP contribution < -0.4 is 10.5 Å². The lowest BCUT2D eigenvalue weighted by Crippen LogP contribution is -2.45. The van der Waals surface area contributed by atoms with Crippen LogP contribution in [0.5, 0.6) is 5.75 Å². The highest BCUT2D eigenvalue weighted by Gasteiger charge is 2.29. The summed E-state index contributed by atoms with van der Waals surface area (Å²) < 4.78 is 5.53. The molecule has 0 aliphatic carbocycles. The largest absolute Gasteiger partial charge is 0.484 e. The van der Waals surface area contributed by atoms with Crippen molar-refractivity contribution >= 4 is 24.2 Å². The molecule has 0 spiro atoms. The van der Waals surface area contributed by atoms with Gasteiger partial charge in [0.15, 0.2) is 6.61 Å². The number of amides is 2. The Balaban J connectivity index is 0.00000392. The first-order valence-electron chi connectivity index (χ1n) is 9.84. The molecule has 6 nitrogen and oxygen atoms in total. The van der Waals surface area contributed by atoms with Crippen LogP contribution in [0, 0.1) is 11.8 Å². The van der Waals surface area contributed by atoms with E-state index in [9.17, 15) is 9.59 Å². The number of hydrogen-bond acceptors (Lipinski definition) is 4. The maximum Gasteiger partial charge on any atom is 0.260 e. The normalized spacial score (nSPS) is 15.7. The third-order valence-corrected chi connectivity index (χ3v) is 5.33. The lowest BCUT2D eigenvalue weighted by atomic mass is 9.95. The standard InChI is InChI=1S/C21H33N3O3.ClH/c1-16(2)19(22)11-12-23(3)21(26)17-9-13-24(14-10-17)20(25)15-27-18-7-5-4-6-8-18;/h4-8,16-17,19H,9-15,22H2,1-3H3;1H. The van der Waals surface area contributed by atoms with Crippen molar-refractivity contribution in [3.05, 3.63) is 30.3 Å². The molecule has 2 rings (SSSR count). The molecule has 1 aliphatic heterocycles. The molecule has 0 bridgehead atoms. The van der Waals surface area contributed by atoms with Gasteiger partial charge in [0.05, 0.1) is 0 Å². The van der Waals surface area contributed by atoms with Gasteiger partial charge >= 0.3 is 0 Å². The molecular formula is C21H34ClN3O3. The zero-order valence-electron chi connectivity index (χ0n) is 17.2. The number of rotatable bonds is 8. The van der Waals surface area contributed by atoms with Crippen molar-refractivity contribution in [2.45, 2.75) is 39.2 Å². The van der Waals surface area contributed by atoms with Crippen LogP contribution >= 0.6 is 12.4 Å². The van der Waals surface area contributed by atoms with Crippen LogP contribution in [0.3, 0.4) is 0 Å². The molecule has 2 N–H and O–H groups in total. The van der Waals surface area contributed by atoms with Crippen LogP contribution in [-0.2, 0) is 9.59 Å². The summed E-state index contributed by atoms with van der Waals surface area (Å²) in [4.78, 5) is 28.5. The van der Waals surface area contributed by atoms with Crippen LogP contribution in [-0.4, -0.2) is 60.9 Å². The number of carbonyl (C=O) groups excluding carboxylic acids is 2. The molecule has 1 unspecified atom stereocenters. The minimum atomic E-state index is -0.0268. The highest BCUT2D eigenvalue weighted by atomic mass is 35.5. The van der Waals surface area contributed by atoms with Crippen molar-refractivity contribution in [2.75, 3.05) is 33.3 Å². The van der Waals surface area contributed by atoms with E-state index in [1.54, 1.807) is 9.80 Å². The second-order valence-corrected chi connectivity index (χ2v) is 7.71. The molecule has 7 heteroatoms. The number of piperidine rings is 1. The van der Waals surface area contributed by atoms with Crippen LogP contribution in [0.2, 0.25) is 0 Å². The maximum atomic E-state index is 12.6. The van der Waals surface area contributed by atoms with E-state index in [4.69, 9.17) is 10.5 Å². The van der Waals surface area contributed by atoms with Gasteiger partial charge < -0.3 is 20.3 Å². The fraction of sp³-hybridized carbons (Fsp3) is 0.619. The highest BCUT2D eigenvalue weighted by molar-refractivity contribution is 5.85. The summed E-state index contributed by atoms with van der Waals surface area (Å²) >= 11 is 0. The molecule has 1 heterocycles. The van der Waals surface area contributed by atoms with E-state index in [-0.39, 0.29) is 42.8 Å². The minimum absolute atomic E-state index is 0. The smallest absolute Gasteiger partial charge is 0.260 e. The number of benzene rings is 1. The molecular weight excluding hydrogens is 378 g/mol. The van der Waals surface area contributed by atoms with Crippen LogP contribution in [0.1, 0.15) is 33.1 Å². The summed E-state index contributed by atoms with van der Waals surface area (Å²) in [6.07, 6.45) is 2.22. The number of likely N-dealkylation sites (tertiary alicyclic amines) is 1. The summed E-state index contributed by atoms with van der Waals surface area (Å²) in [6, 6.07) is 9.44. The Morgan fingerprint density at radius 2 is 1.82 bits per heavy atom. The Labute approximate surface area is 174 Å². The number of halogens is 1. The van der Waals surface area contributed by atoms with Crippen LogP contribution in [0.25, 0.3) is 0 Å². The first kappa shape index (κ1) is 24.2. The number of ether oxygens (including phenoxy) is 1. The second-order valence-electron chi connectivity index (χ2n) is 7.71. The zero-order chi connectivity index (χ0) is 19.8. The van der Waals surface area contributed by atoms with Gasteiger partial charge in [0, 0.05) is 38.6 Å². The molecule has 2 amide bonds. The van der Waals surface area contributed by atoms with Crippen molar-refractivity contribution < 1.29 is 14.3 Å². The lowest BCUT2D eigenvalue weighted by molar-refractivity contribution is -0.140. The molecule has 0 saturated carbocycles. The molecule has 1 atom stereocenters. The first-order valence-corrected chi connectivity index (χ1v) is 9.84. The Morgan fingerprint density at radius 1 is 1.21 bits per heavy atom. The van der Waals surface area contributed by atoms with Gasteiger partial charge in [-0.2, -0.15) is 0 Å². The Bertz CT molecular complexity index is 604. The molecule has 1 aromatic carbocycles. The van der Waals surface area contributed by atoms with E-state index < -0.39 is 0 Å².